The van der Waals surface area contributed by atoms with Crippen molar-refractivity contribution in [3.05, 3.63) is 17.5 Å². The molecule has 0 bridgehead atoms. The van der Waals surface area contributed by atoms with Crippen LogP contribution in [-0.4, -0.2) is 20.9 Å². The second-order valence-corrected chi connectivity index (χ2v) is 3.40. The highest BCUT2D eigenvalue weighted by Gasteiger charge is 2.13. The summed E-state index contributed by atoms with van der Waals surface area (Å²) in [6, 6.07) is 0. The number of aliphatic carboxylic acids is 1. The van der Waals surface area contributed by atoms with Crippen LogP contribution in [0.3, 0.4) is 0 Å². The number of hydrogen-bond acceptors (Lipinski definition) is 2. The minimum Gasteiger partial charge on any atom is -0.480 e. The predicted octanol–water partition coefficient (Wildman–Crippen LogP) is 1.27. The van der Waals surface area contributed by atoms with Crippen LogP contribution in [0.2, 0.25) is 0 Å². The standard InChI is InChI=1S/C9H12N2O2.ClH/c12-9(13)6-11-5-7-3-1-2-4-8(7)10-11;/h5H,1-4,6H2,(H,12,13);1H. The Balaban J connectivity index is 0.000000980. The van der Waals surface area contributed by atoms with E-state index in [2.05, 4.69) is 5.10 Å². The minimum atomic E-state index is -0.833. The first kappa shape index (κ1) is 11.0. The van der Waals surface area contributed by atoms with Gasteiger partial charge in [-0.15, -0.1) is 12.4 Å². The first-order valence-corrected chi connectivity index (χ1v) is 4.53. The third kappa shape index (κ3) is 2.26. The number of carbonyl (C=O) groups is 1. The van der Waals surface area contributed by atoms with Crippen LogP contribution in [0.15, 0.2) is 6.20 Å². The van der Waals surface area contributed by atoms with Gasteiger partial charge in [-0.1, -0.05) is 0 Å². The van der Waals surface area contributed by atoms with Gasteiger partial charge in [-0.3, -0.25) is 9.48 Å². The monoisotopic (exact) mass is 216 g/mol. The van der Waals surface area contributed by atoms with Crippen LogP contribution in [0.1, 0.15) is 24.1 Å². The number of rotatable bonds is 2. The molecule has 1 heterocycles. The van der Waals surface area contributed by atoms with Gasteiger partial charge in [-0.2, -0.15) is 5.10 Å². The smallest absolute Gasteiger partial charge is 0.325 e. The lowest BCUT2D eigenvalue weighted by Gasteiger charge is -2.06. The van der Waals surface area contributed by atoms with Crippen molar-refractivity contribution in [3.8, 4) is 0 Å². The number of halogens is 1. The highest BCUT2D eigenvalue weighted by molar-refractivity contribution is 5.85. The van der Waals surface area contributed by atoms with Crippen molar-refractivity contribution in [2.75, 3.05) is 0 Å². The molecule has 1 aliphatic carbocycles. The second kappa shape index (κ2) is 4.46. The average Bonchev–Trinajstić information content (AvgIpc) is 2.44. The quantitative estimate of drug-likeness (QED) is 0.810. The van der Waals surface area contributed by atoms with Gasteiger partial charge in [-0.25, -0.2) is 0 Å². The fourth-order valence-electron chi connectivity index (χ4n) is 1.75. The molecular formula is C9H13ClN2O2. The van der Waals surface area contributed by atoms with E-state index in [1.54, 1.807) is 0 Å². The maximum absolute atomic E-state index is 10.4. The Bertz CT molecular complexity index is 312. The predicted molar refractivity (Wildman–Crippen MR) is 53.8 cm³/mol. The van der Waals surface area contributed by atoms with Crippen LogP contribution in [0.25, 0.3) is 0 Å². The lowest BCUT2D eigenvalue weighted by Crippen LogP contribution is -2.09. The van der Waals surface area contributed by atoms with Crippen molar-refractivity contribution in [2.24, 2.45) is 0 Å². The molecule has 1 N–H and O–H groups in total. The largest absolute Gasteiger partial charge is 0.480 e. The molecule has 1 aromatic rings. The van der Waals surface area contributed by atoms with E-state index in [0.717, 1.165) is 18.5 Å². The zero-order chi connectivity index (χ0) is 9.26. The van der Waals surface area contributed by atoms with Crippen molar-refractivity contribution in [1.29, 1.82) is 0 Å². The van der Waals surface area contributed by atoms with Gasteiger partial charge in [0, 0.05) is 6.20 Å². The molecule has 0 aromatic carbocycles. The van der Waals surface area contributed by atoms with Crippen LogP contribution < -0.4 is 0 Å². The highest BCUT2D eigenvalue weighted by Crippen LogP contribution is 2.18. The van der Waals surface area contributed by atoms with E-state index in [0.29, 0.717) is 0 Å². The van der Waals surface area contributed by atoms with Crippen molar-refractivity contribution in [3.63, 3.8) is 0 Å². The highest BCUT2D eigenvalue weighted by atomic mass is 35.5. The number of nitrogens with zero attached hydrogens (tertiary/aromatic N) is 2. The van der Waals surface area contributed by atoms with E-state index in [1.165, 1.54) is 23.1 Å². The Kier molecular flexibility index (Phi) is 3.52. The summed E-state index contributed by atoms with van der Waals surface area (Å²) in [5.74, 6) is -0.833. The van der Waals surface area contributed by atoms with Gasteiger partial charge >= 0.3 is 5.97 Å². The summed E-state index contributed by atoms with van der Waals surface area (Å²) in [4.78, 5) is 10.4. The van der Waals surface area contributed by atoms with Gasteiger partial charge < -0.3 is 5.11 Å². The summed E-state index contributed by atoms with van der Waals surface area (Å²) in [5.41, 5.74) is 2.32. The molecule has 0 amide bonds. The molecule has 5 heteroatoms. The summed E-state index contributed by atoms with van der Waals surface area (Å²) in [6.45, 7) is -0.0208. The second-order valence-electron chi connectivity index (χ2n) is 3.40. The molecule has 0 spiro atoms. The molecule has 0 saturated carbocycles. The van der Waals surface area contributed by atoms with E-state index in [9.17, 15) is 4.79 Å². The van der Waals surface area contributed by atoms with E-state index in [1.807, 2.05) is 6.20 Å². The summed E-state index contributed by atoms with van der Waals surface area (Å²) in [7, 11) is 0. The summed E-state index contributed by atoms with van der Waals surface area (Å²) in [5, 5.41) is 12.8. The zero-order valence-electron chi connectivity index (χ0n) is 7.77. The lowest BCUT2D eigenvalue weighted by atomic mass is 9.99. The van der Waals surface area contributed by atoms with Crippen molar-refractivity contribution < 1.29 is 9.90 Å². The zero-order valence-corrected chi connectivity index (χ0v) is 8.59. The van der Waals surface area contributed by atoms with Crippen LogP contribution >= 0.6 is 12.4 Å². The molecule has 0 saturated heterocycles. The maximum atomic E-state index is 10.4. The van der Waals surface area contributed by atoms with Crippen LogP contribution in [-0.2, 0) is 24.2 Å². The van der Waals surface area contributed by atoms with Crippen LogP contribution in [0, 0.1) is 0 Å². The van der Waals surface area contributed by atoms with E-state index in [-0.39, 0.29) is 19.0 Å². The summed E-state index contributed by atoms with van der Waals surface area (Å²) >= 11 is 0. The normalized spacial score (nSPS) is 14.3. The fraction of sp³-hybridized carbons (Fsp3) is 0.556. The Labute approximate surface area is 88.3 Å². The Morgan fingerprint density at radius 3 is 2.86 bits per heavy atom. The van der Waals surface area contributed by atoms with Gasteiger partial charge in [-0.05, 0) is 31.2 Å². The van der Waals surface area contributed by atoms with Crippen LogP contribution in [0.5, 0.6) is 0 Å². The molecule has 2 rings (SSSR count). The number of fused-ring (bicyclic) bond motifs is 1. The van der Waals surface area contributed by atoms with Gasteiger partial charge in [0.15, 0.2) is 0 Å². The van der Waals surface area contributed by atoms with Gasteiger partial charge in [0.05, 0.1) is 5.69 Å². The van der Waals surface area contributed by atoms with Gasteiger partial charge in [0.2, 0.25) is 0 Å². The Morgan fingerprint density at radius 1 is 1.50 bits per heavy atom. The topological polar surface area (TPSA) is 55.1 Å². The van der Waals surface area contributed by atoms with E-state index >= 15 is 0 Å². The molecule has 78 valence electrons. The Hall–Kier alpha value is -1.03. The Morgan fingerprint density at radius 2 is 2.21 bits per heavy atom. The number of hydrogen-bond donors (Lipinski definition) is 1. The molecular weight excluding hydrogens is 204 g/mol. The van der Waals surface area contributed by atoms with Crippen molar-refractivity contribution in [1.82, 2.24) is 9.78 Å². The van der Waals surface area contributed by atoms with E-state index < -0.39 is 5.97 Å². The number of carboxylic acids is 1. The molecule has 1 aromatic heterocycles. The molecule has 0 atom stereocenters. The van der Waals surface area contributed by atoms with Crippen molar-refractivity contribution in [2.45, 2.75) is 32.2 Å². The summed E-state index contributed by atoms with van der Waals surface area (Å²) < 4.78 is 1.53. The van der Waals surface area contributed by atoms with Crippen LogP contribution in [0.4, 0.5) is 0 Å². The minimum absolute atomic E-state index is 0. The third-order valence-corrected chi connectivity index (χ3v) is 2.33. The SMILES string of the molecule is Cl.O=C(O)Cn1cc2c(n1)CCCC2. The van der Waals surface area contributed by atoms with Gasteiger partial charge in [0.25, 0.3) is 0 Å². The molecule has 0 aliphatic heterocycles. The third-order valence-electron chi connectivity index (χ3n) is 2.33. The first-order valence-electron chi connectivity index (χ1n) is 4.53. The lowest BCUT2D eigenvalue weighted by molar-refractivity contribution is -0.137. The molecule has 14 heavy (non-hydrogen) atoms. The maximum Gasteiger partial charge on any atom is 0.325 e. The molecule has 0 unspecified atom stereocenters. The fourth-order valence-corrected chi connectivity index (χ4v) is 1.75. The first-order chi connectivity index (χ1) is 6.25. The number of aromatic nitrogens is 2. The molecule has 0 radical (unpaired) electrons. The molecule has 4 nitrogen and oxygen atoms in total. The van der Waals surface area contributed by atoms with Gasteiger partial charge in [0.1, 0.15) is 6.54 Å². The average molecular weight is 217 g/mol. The molecule has 0 fully saturated rings. The van der Waals surface area contributed by atoms with E-state index in [4.69, 9.17) is 5.11 Å². The number of carboxylic acid groups (broad SMARTS) is 1. The molecule has 1 aliphatic rings. The number of aryl methyl sites for hydroxylation is 2. The van der Waals surface area contributed by atoms with Crippen molar-refractivity contribution >= 4 is 18.4 Å². The summed E-state index contributed by atoms with van der Waals surface area (Å²) in [6.07, 6.45) is 6.29.